The molecule has 0 spiro atoms. The monoisotopic (exact) mass is 380 g/mol. The van der Waals surface area contributed by atoms with Crippen LogP contribution in [-0.2, 0) is 11.2 Å². The van der Waals surface area contributed by atoms with Crippen LogP contribution in [0.2, 0.25) is 0 Å². The van der Waals surface area contributed by atoms with Crippen molar-refractivity contribution in [3.8, 4) is 11.5 Å². The van der Waals surface area contributed by atoms with Crippen LogP contribution in [0.4, 0.5) is 11.4 Å². The molecule has 1 saturated heterocycles. The van der Waals surface area contributed by atoms with Gasteiger partial charge in [-0.2, -0.15) is 0 Å². The number of carbonyl (C=O) groups is 2. The van der Waals surface area contributed by atoms with E-state index in [0.29, 0.717) is 47.8 Å². The van der Waals surface area contributed by atoms with E-state index in [2.05, 4.69) is 11.9 Å². The van der Waals surface area contributed by atoms with E-state index in [1.165, 1.54) is 7.11 Å². The first-order chi connectivity index (χ1) is 13.6. The predicted octanol–water partition coefficient (Wildman–Crippen LogP) is 3.81. The molecule has 0 atom stereocenters. The first-order valence-corrected chi connectivity index (χ1v) is 9.15. The van der Waals surface area contributed by atoms with Gasteiger partial charge in [-0.1, -0.05) is 18.2 Å². The lowest BCUT2D eigenvalue weighted by atomic mass is 10.0. The van der Waals surface area contributed by atoms with E-state index in [-0.39, 0.29) is 11.8 Å². The third kappa shape index (κ3) is 3.86. The molecule has 1 heterocycles. The van der Waals surface area contributed by atoms with Gasteiger partial charge in [0.15, 0.2) is 11.5 Å². The van der Waals surface area contributed by atoms with Crippen molar-refractivity contribution in [1.29, 1.82) is 0 Å². The van der Waals surface area contributed by atoms with E-state index in [9.17, 15) is 9.59 Å². The van der Waals surface area contributed by atoms with Crippen LogP contribution in [0.5, 0.6) is 11.5 Å². The smallest absolute Gasteiger partial charge is 0.255 e. The van der Waals surface area contributed by atoms with Crippen molar-refractivity contribution < 1.29 is 19.1 Å². The molecule has 146 valence electrons. The lowest BCUT2D eigenvalue weighted by molar-refractivity contribution is -0.117. The predicted molar refractivity (Wildman–Crippen MR) is 109 cm³/mol. The summed E-state index contributed by atoms with van der Waals surface area (Å²) in [5.74, 6) is 0.850. The Labute approximate surface area is 164 Å². The van der Waals surface area contributed by atoms with Gasteiger partial charge in [-0.05, 0) is 37.1 Å². The Bertz CT molecular complexity index is 907. The SMILES string of the molecule is C=CCc1cc(C(=O)Nc2ccccc2N2CCCC2=O)cc(OC)c1OC. The van der Waals surface area contributed by atoms with E-state index in [1.54, 1.807) is 36.3 Å². The molecule has 0 saturated carbocycles. The van der Waals surface area contributed by atoms with Gasteiger partial charge in [0.2, 0.25) is 5.91 Å². The van der Waals surface area contributed by atoms with Crippen molar-refractivity contribution in [2.45, 2.75) is 19.3 Å². The lowest BCUT2D eigenvalue weighted by Crippen LogP contribution is -2.25. The van der Waals surface area contributed by atoms with Crippen LogP contribution < -0.4 is 19.7 Å². The van der Waals surface area contributed by atoms with E-state index in [4.69, 9.17) is 9.47 Å². The fraction of sp³-hybridized carbons (Fsp3) is 0.273. The van der Waals surface area contributed by atoms with Crippen molar-refractivity contribution in [2.24, 2.45) is 0 Å². The van der Waals surface area contributed by atoms with Crippen molar-refractivity contribution in [3.05, 3.63) is 60.2 Å². The maximum absolute atomic E-state index is 13.0. The summed E-state index contributed by atoms with van der Waals surface area (Å²) in [5.41, 5.74) is 2.56. The Morgan fingerprint density at radius 3 is 2.68 bits per heavy atom. The van der Waals surface area contributed by atoms with E-state index in [0.717, 1.165) is 12.0 Å². The van der Waals surface area contributed by atoms with Crippen molar-refractivity contribution in [2.75, 3.05) is 31.0 Å². The van der Waals surface area contributed by atoms with Gasteiger partial charge < -0.3 is 19.7 Å². The maximum atomic E-state index is 13.0. The van der Waals surface area contributed by atoms with Crippen LogP contribution in [-0.4, -0.2) is 32.6 Å². The number of allylic oxidation sites excluding steroid dienone is 1. The average molecular weight is 380 g/mol. The van der Waals surface area contributed by atoms with Crippen molar-refractivity contribution >= 4 is 23.2 Å². The number of anilines is 2. The third-order valence-electron chi connectivity index (χ3n) is 4.70. The standard InChI is InChI=1S/C22H24N2O4/c1-4-8-15-13-16(14-19(27-2)21(15)28-3)22(26)23-17-9-5-6-10-18(17)24-12-7-11-20(24)25/h4-6,9-10,13-14H,1,7-8,11-12H2,2-3H3,(H,23,26). The van der Waals surface area contributed by atoms with Crippen LogP contribution in [0, 0.1) is 0 Å². The lowest BCUT2D eigenvalue weighted by Gasteiger charge is -2.20. The van der Waals surface area contributed by atoms with Crippen LogP contribution in [0.15, 0.2) is 49.1 Å². The Hall–Kier alpha value is -3.28. The molecule has 28 heavy (non-hydrogen) atoms. The molecule has 1 N–H and O–H groups in total. The quantitative estimate of drug-likeness (QED) is 0.742. The molecule has 6 heteroatoms. The number of hydrogen-bond donors (Lipinski definition) is 1. The first-order valence-electron chi connectivity index (χ1n) is 9.15. The highest BCUT2D eigenvalue weighted by atomic mass is 16.5. The van der Waals surface area contributed by atoms with Crippen molar-refractivity contribution in [1.82, 2.24) is 0 Å². The van der Waals surface area contributed by atoms with Crippen LogP contribution in [0.25, 0.3) is 0 Å². The van der Waals surface area contributed by atoms with Gasteiger partial charge in [0.1, 0.15) is 0 Å². The molecule has 0 unspecified atom stereocenters. The number of methoxy groups -OCH3 is 2. The molecule has 0 aromatic heterocycles. The minimum Gasteiger partial charge on any atom is -0.493 e. The fourth-order valence-electron chi connectivity index (χ4n) is 3.39. The second-order valence-corrected chi connectivity index (χ2v) is 6.48. The highest BCUT2D eigenvalue weighted by Crippen LogP contribution is 2.34. The highest BCUT2D eigenvalue weighted by Gasteiger charge is 2.24. The molecule has 2 amide bonds. The summed E-state index contributed by atoms with van der Waals surface area (Å²) in [6.07, 6.45) is 3.64. The largest absolute Gasteiger partial charge is 0.493 e. The van der Waals surface area contributed by atoms with Gasteiger partial charge in [0, 0.05) is 24.1 Å². The summed E-state index contributed by atoms with van der Waals surface area (Å²) < 4.78 is 10.8. The molecule has 0 bridgehead atoms. The first kappa shape index (κ1) is 19.5. The van der Waals surface area contributed by atoms with E-state index >= 15 is 0 Å². The number of amides is 2. The minimum absolute atomic E-state index is 0.0704. The fourth-order valence-corrected chi connectivity index (χ4v) is 3.39. The van der Waals surface area contributed by atoms with Gasteiger partial charge in [-0.3, -0.25) is 9.59 Å². The molecule has 6 nitrogen and oxygen atoms in total. The van der Waals surface area contributed by atoms with E-state index in [1.807, 2.05) is 18.2 Å². The van der Waals surface area contributed by atoms with Gasteiger partial charge in [-0.25, -0.2) is 0 Å². The second kappa shape index (κ2) is 8.61. The van der Waals surface area contributed by atoms with Crippen molar-refractivity contribution in [3.63, 3.8) is 0 Å². The zero-order valence-corrected chi connectivity index (χ0v) is 16.2. The summed E-state index contributed by atoms with van der Waals surface area (Å²) in [6.45, 7) is 4.42. The van der Waals surface area contributed by atoms with E-state index < -0.39 is 0 Å². The molecule has 0 aliphatic carbocycles. The third-order valence-corrected chi connectivity index (χ3v) is 4.70. The number of carbonyl (C=O) groups excluding carboxylic acids is 2. The van der Waals surface area contributed by atoms with Crippen LogP contribution in [0.3, 0.4) is 0 Å². The topological polar surface area (TPSA) is 67.9 Å². The number of nitrogens with one attached hydrogen (secondary N) is 1. The Morgan fingerprint density at radius 1 is 1.25 bits per heavy atom. The number of para-hydroxylation sites is 2. The Morgan fingerprint density at radius 2 is 2.04 bits per heavy atom. The minimum atomic E-state index is -0.287. The number of rotatable bonds is 7. The van der Waals surface area contributed by atoms with Gasteiger partial charge >= 0.3 is 0 Å². The summed E-state index contributed by atoms with van der Waals surface area (Å²) in [5, 5.41) is 2.93. The van der Waals surface area contributed by atoms with Gasteiger partial charge in [0.25, 0.3) is 5.91 Å². The zero-order valence-electron chi connectivity index (χ0n) is 16.2. The highest BCUT2D eigenvalue weighted by molar-refractivity contribution is 6.08. The molecule has 2 aromatic carbocycles. The Balaban J connectivity index is 1.93. The molecule has 3 rings (SSSR count). The second-order valence-electron chi connectivity index (χ2n) is 6.48. The summed E-state index contributed by atoms with van der Waals surface area (Å²) in [4.78, 5) is 26.8. The van der Waals surface area contributed by atoms with Gasteiger partial charge in [0.05, 0.1) is 25.6 Å². The number of ether oxygens (including phenoxy) is 2. The average Bonchev–Trinajstić information content (AvgIpc) is 3.13. The molecule has 1 fully saturated rings. The summed E-state index contributed by atoms with van der Waals surface area (Å²) >= 11 is 0. The van der Waals surface area contributed by atoms with Gasteiger partial charge in [-0.15, -0.1) is 6.58 Å². The molecule has 0 radical (unpaired) electrons. The molecular weight excluding hydrogens is 356 g/mol. The van der Waals surface area contributed by atoms with Crippen LogP contribution >= 0.6 is 0 Å². The Kier molecular flexibility index (Phi) is 5.99. The summed E-state index contributed by atoms with van der Waals surface area (Å²) in [7, 11) is 3.10. The number of benzene rings is 2. The molecular formula is C22H24N2O4. The molecule has 1 aliphatic rings. The normalized spacial score (nSPS) is 13.4. The number of nitrogens with zero attached hydrogens (tertiary/aromatic N) is 1. The van der Waals surface area contributed by atoms with Crippen LogP contribution in [0.1, 0.15) is 28.8 Å². The maximum Gasteiger partial charge on any atom is 0.255 e. The summed E-state index contributed by atoms with van der Waals surface area (Å²) in [6, 6.07) is 10.7. The number of hydrogen-bond acceptors (Lipinski definition) is 4. The zero-order chi connectivity index (χ0) is 20.1. The molecule has 1 aliphatic heterocycles. The molecule has 2 aromatic rings.